The van der Waals surface area contributed by atoms with Crippen LogP contribution in [0.15, 0.2) is 24.5 Å². The minimum absolute atomic E-state index is 0.197. The van der Waals surface area contributed by atoms with Crippen molar-refractivity contribution in [2.75, 3.05) is 6.54 Å². The lowest BCUT2D eigenvalue weighted by Crippen LogP contribution is -2.37. The molecule has 22 heavy (non-hydrogen) atoms. The summed E-state index contributed by atoms with van der Waals surface area (Å²) in [4.78, 5) is 4.60. The van der Waals surface area contributed by atoms with Gasteiger partial charge in [-0.25, -0.2) is 0 Å². The molecule has 1 N–H and O–H groups in total. The van der Waals surface area contributed by atoms with Crippen molar-refractivity contribution in [3.05, 3.63) is 41.4 Å². The van der Waals surface area contributed by atoms with Crippen LogP contribution in [0.5, 0.6) is 0 Å². The van der Waals surface area contributed by atoms with Crippen LogP contribution < -0.4 is 5.32 Å². The van der Waals surface area contributed by atoms with Gasteiger partial charge in [0.1, 0.15) is 0 Å². The lowest BCUT2D eigenvalue weighted by molar-refractivity contribution is 0.214. The first kappa shape index (κ1) is 17.1. The Morgan fingerprint density at radius 2 is 1.95 bits per heavy atom. The Morgan fingerprint density at radius 3 is 2.55 bits per heavy atom. The Labute approximate surface area is 136 Å². The second kappa shape index (κ2) is 6.06. The predicted molar refractivity (Wildman–Crippen MR) is 95.0 cm³/mol. The zero-order valence-corrected chi connectivity index (χ0v) is 15.2. The van der Waals surface area contributed by atoms with Crippen LogP contribution in [0.4, 0.5) is 0 Å². The molecule has 1 fully saturated rings. The van der Waals surface area contributed by atoms with E-state index in [2.05, 4.69) is 70.7 Å². The van der Waals surface area contributed by atoms with E-state index in [1.54, 1.807) is 0 Å². The molecule has 2 nitrogen and oxygen atoms in total. The fourth-order valence-corrected chi connectivity index (χ4v) is 3.60. The number of hydrogen-bond acceptors (Lipinski definition) is 2. The van der Waals surface area contributed by atoms with Crippen LogP contribution in [0, 0.1) is 25.2 Å². The van der Waals surface area contributed by atoms with Crippen LogP contribution in [0.1, 0.15) is 63.8 Å². The van der Waals surface area contributed by atoms with Gasteiger partial charge in [0.2, 0.25) is 0 Å². The quantitative estimate of drug-likeness (QED) is 0.797. The highest BCUT2D eigenvalue weighted by molar-refractivity contribution is 5.29. The Kier molecular flexibility index (Phi) is 4.70. The van der Waals surface area contributed by atoms with E-state index in [1.165, 1.54) is 29.7 Å². The Bertz CT molecular complexity index is 553. The minimum Gasteiger partial charge on any atom is -0.389 e. The second-order valence-corrected chi connectivity index (χ2v) is 8.35. The molecule has 1 aromatic rings. The monoisotopic (exact) mass is 300 g/mol. The van der Waals surface area contributed by atoms with Crippen molar-refractivity contribution < 1.29 is 0 Å². The van der Waals surface area contributed by atoms with Gasteiger partial charge in [-0.05, 0) is 55.1 Å². The lowest BCUT2D eigenvalue weighted by Gasteiger charge is -2.40. The fraction of sp³-hybridized carbons (Fsp3) is 0.650. The van der Waals surface area contributed by atoms with E-state index in [1.807, 2.05) is 0 Å². The molecule has 1 saturated heterocycles. The maximum atomic E-state index is 4.60. The van der Waals surface area contributed by atoms with Gasteiger partial charge in [0.05, 0.1) is 0 Å². The molecule has 1 aromatic heterocycles. The zero-order valence-electron chi connectivity index (χ0n) is 15.2. The summed E-state index contributed by atoms with van der Waals surface area (Å²) in [6.07, 6.45) is 5.59. The van der Waals surface area contributed by atoms with Crippen LogP contribution in [-0.2, 0) is 5.41 Å². The van der Waals surface area contributed by atoms with Gasteiger partial charge < -0.3 is 5.32 Å². The average Bonchev–Trinajstić information content (AvgIpc) is 2.38. The topological polar surface area (TPSA) is 24.9 Å². The number of nitrogens with one attached hydrogen (secondary N) is 1. The summed E-state index contributed by atoms with van der Waals surface area (Å²) < 4.78 is 0. The van der Waals surface area contributed by atoms with Gasteiger partial charge in [-0.15, -0.1) is 0 Å². The van der Waals surface area contributed by atoms with Gasteiger partial charge >= 0.3 is 0 Å². The van der Waals surface area contributed by atoms with Gasteiger partial charge in [0, 0.05) is 30.1 Å². The number of hydrogen-bond donors (Lipinski definition) is 1. The molecule has 122 valence electrons. The molecule has 0 amide bonds. The first-order chi connectivity index (χ1) is 10.1. The molecular formula is C20H32N2. The van der Waals surface area contributed by atoms with E-state index < -0.39 is 0 Å². The summed E-state index contributed by atoms with van der Waals surface area (Å²) in [6.45, 7) is 18.9. The molecule has 2 heterocycles. The normalized spacial score (nSPS) is 27.0. The predicted octanol–water partition coefficient (Wildman–Crippen LogP) is 4.91. The maximum Gasteiger partial charge on any atom is 0.0401 e. The Hall–Kier alpha value is -1.31. The fourth-order valence-electron chi connectivity index (χ4n) is 3.60. The summed E-state index contributed by atoms with van der Waals surface area (Å²) in [7, 11) is 0. The third-order valence-corrected chi connectivity index (χ3v) is 5.52. The van der Waals surface area contributed by atoms with Crippen molar-refractivity contribution in [1.29, 1.82) is 0 Å². The SMILES string of the molecule is C=C1NCCC(C)(c2cnc(C)c(C)c2)CCC1C(C)(C)C. The number of rotatable bonds is 1. The largest absolute Gasteiger partial charge is 0.389 e. The van der Waals surface area contributed by atoms with Crippen molar-refractivity contribution >= 4 is 0 Å². The van der Waals surface area contributed by atoms with Gasteiger partial charge in [-0.1, -0.05) is 40.3 Å². The molecule has 1 aliphatic rings. The van der Waals surface area contributed by atoms with Crippen molar-refractivity contribution in [2.24, 2.45) is 11.3 Å². The van der Waals surface area contributed by atoms with Crippen molar-refractivity contribution in [3.63, 3.8) is 0 Å². The molecule has 2 atom stereocenters. The highest BCUT2D eigenvalue weighted by atomic mass is 14.9. The molecule has 0 aliphatic carbocycles. The van der Waals surface area contributed by atoms with E-state index in [0.29, 0.717) is 5.92 Å². The first-order valence-corrected chi connectivity index (χ1v) is 8.50. The number of allylic oxidation sites excluding steroid dienone is 1. The minimum atomic E-state index is 0.197. The number of aryl methyl sites for hydroxylation is 2. The summed E-state index contributed by atoms with van der Waals surface area (Å²) in [5.74, 6) is 0.520. The van der Waals surface area contributed by atoms with Crippen LogP contribution in [-0.4, -0.2) is 11.5 Å². The van der Waals surface area contributed by atoms with E-state index in [4.69, 9.17) is 0 Å². The highest BCUT2D eigenvalue weighted by Crippen LogP contribution is 2.41. The van der Waals surface area contributed by atoms with Crippen molar-refractivity contribution in [2.45, 2.75) is 66.2 Å². The Morgan fingerprint density at radius 1 is 1.27 bits per heavy atom. The molecule has 2 heteroatoms. The number of aromatic nitrogens is 1. The molecule has 0 radical (unpaired) electrons. The molecule has 0 aromatic carbocycles. The van der Waals surface area contributed by atoms with Crippen LogP contribution >= 0.6 is 0 Å². The van der Waals surface area contributed by atoms with Gasteiger partial charge in [0.15, 0.2) is 0 Å². The molecule has 2 rings (SSSR count). The molecule has 0 spiro atoms. The van der Waals surface area contributed by atoms with Crippen molar-refractivity contribution in [3.8, 4) is 0 Å². The van der Waals surface area contributed by atoms with Crippen LogP contribution in [0.25, 0.3) is 0 Å². The standard InChI is InChI=1S/C20H32N2/c1-14-12-17(13-22-15(14)2)20(7)9-8-18(19(4,5)6)16(3)21-11-10-20/h12-13,18,21H,3,8-11H2,1-2,4-7H3. The number of pyridine rings is 1. The highest BCUT2D eigenvalue weighted by Gasteiger charge is 2.34. The van der Waals surface area contributed by atoms with E-state index in [0.717, 1.165) is 18.7 Å². The maximum absolute atomic E-state index is 4.60. The molecule has 2 unspecified atom stereocenters. The molecule has 0 saturated carbocycles. The molecule has 0 bridgehead atoms. The summed E-state index contributed by atoms with van der Waals surface area (Å²) >= 11 is 0. The number of nitrogens with zero attached hydrogens (tertiary/aromatic N) is 1. The summed E-state index contributed by atoms with van der Waals surface area (Å²) in [6, 6.07) is 2.34. The average molecular weight is 300 g/mol. The third kappa shape index (κ3) is 3.53. The van der Waals surface area contributed by atoms with Crippen LogP contribution in [0.2, 0.25) is 0 Å². The van der Waals surface area contributed by atoms with E-state index in [-0.39, 0.29) is 10.8 Å². The third-order valence-electron chi connectivity index (χ3n) is 5.52. The van der Waals surface area contributed by atoms with Gasteiger partial charge in [0.25, 0.3) is 0 Å². The molecular weight excluding hydrogens is 268 g/mol. The smallest absolute Gasteiger partial charge is 0.0401 e. The van der Waals surface area contributed by atoms with Gasteiger partial charge in [-0.3, -0.25) is 4.98 Å². The van der Waals surface area contributed by atoms with E-state index >= 15 is 0 Å². The Balaban J connectivity index is 2.27. The van der Waals surface area contributed by atoms with Crippen LogP contribution in [0.3, 0.4) is 0 Å². The van der Waals surface area contributed by atoms with E-state index in [9.17, 15) is 0 Å². The second-order valence-electron chi connectivity index (χ2n) is 8.35. The lowest BCUT2D eigenvalue weighted by atomic mass is 9.68. The van der Waals surface area contributed by atoms with Crippen molar-refractivity contribution in [1.82, 2.24) is 10.3 Å². The first-order valence-electron chi connectivity index (χ1n) is 8.50. The summed E-state index contributed by atoms with van der Waals surface area (Å²) in [5, 5.41) is 3.58. The zero-order chi connectivity index (χ0) is 16.5. The summed E-state index contributed by atoms with van der Waals surface area (Å²) in [5.41, 5.74) is 5.49. The molecule has 1 aliphatic heterocycles. The van der Waals surface area contributed by atoms with Gasteiger partial charge in [-0.2, -0.15) is 0 Å².